The first-order valence-electron chi connectivity index (χ1n) is 5.58. The van der Waals surface area contributed by atoms with Gasteiger partial charge in [0.05, 0.1) is 19.3 Å². The third kappa shape index (κ3) is 4.64. The lowest BCUT2D eigenvalue weighted by molar-refractivity contribution is 0.0220. The Morgan fingerprint density at radius 1 is 1.36 bits per heavy atom. The van der Waals surface area contributed by atoms with E-state index in [1.54, 1.807) is 0 Å². The van der Waals surface area contributed by atoms with Crippen LogP contribution in [0.2, 0.25) is 0 Å². The number of hydrogen-bond acceptors (Lipinski definition) is 2. The number of nitrogens with one attached hydrogen (secondary N) is 1. The SMILES string of the molecule is C#CCNCCOC1CCC(C)CC1. The number of terminal acetylenes is 1. The molecule has 0 bridgehead atoms. The molecule has 2 heteroatoms. The quantitative estimate of drug-likeness (QED) is 0.533. The first-order valence-corrected chi connectivity index (χ1v) is 5.58. The van der Waals surface area contributed by atoms with Gasteiger partial charge in [-0.2, -0.15) is 0 Å². The summed E-state index contributed by atoms with van der Waals surface area (Å²) in [6.07, 6.45) is 10.7. The molecule has 0 atom stereocenters. The summed E-state index contributed by atoms with van der Waals surface area (Å²) in [5.41, 5.74) is 0. The molecule has 0 amide bonds. The highest BCUT2D eigenvalue weighted by Gasteiger charge is 2.17. The molecule has 0 unspecified atom stereocenters. The molecule has 1 fully saturated rings. The summed E-state index contributed by atoms with van der Waals surface area (Å²) in [5.74, 6) is 3.44. The molecule has 2 nitrogen and oxygen atoms in total. The minimum absolute atomic E-state index is 0.499. The highest BCUT2D eigenvalue weighted by molar-refractivity contribution is 4.86. The van der Waals surface area contributed by atoms with Gasteiger partial charge in [0.25, 0.3) is 0 Å². The van der Waals surface area contributed by atoms with Gasteiger partial charge in [-0.05, 0) is 31.6 Å². The molecule has 1 saturated carbocycles. The van der Waals surface area contributed by atoms with E-state index >= 15 is 0 Å². The van der Waals surface area contributed by atoms with Crippen LogP contribution < -0.4 is 5.32 Å². The zero-order chi connectivity index (χ0) is 10.2. The van der Waals surface area contributed by atoms with E-state index in [2.05, 4.69) is 18.2 Å². The van der Waals surface area contributed by atoms with E-state index in [9.17, 15) is 0 Å². The summed E-state index contributed by atoms with van der Waals surface area (Å²) in [6.45, 7) is 4.63. The van der Waals surface area contributed by atoms with Crippen LogP contribution >= 0.6 is 0 Å². The summed E-state index contributed by atoms with van der Waals surface area (Å²) < 4.78 is 5.75. The van der Waals surface area contributed by atoms with Gasteiger partial charge in [0, 0.05) is 6.54 Å². The molecule has 0 aliphatic heterocycles. The van der Waals surface area contributed by atoms with Crippen LogP contribution in [0.15, 0.2) is 0 Å². The predicted molar refractivity (Wildman–Crippen MR) is 59.1 cm³/mol. The van der Waals surface area contributed by atoms with E-state index in [0.717, 1.165) is 19.1 Å². The Bertz CT molecular complexity index is 177. The van der Waals surface area contributed by atoms with Crippen LogP contribution in [0.25, 0.3) is 0 Å². The van der Waals surface area contributed by atoms with Crippen LogP contribution in [0.5, 0.6) is 0 Å². The van der Waals surface area contributed by atoms with Crippen molar-refractivity contribution in [2.24, 2.45) is 5.92 Å². The summed E-state index contributed by atoms with van der Waals surface area (Å²) in [4.78, 5) is 0. The molecule has 1 rings (SSSR count). The van der Waals surface area contributed by atoms with E-state index in [-0.39, 0.29) is 0 Å². The number of ether oxygens (including phenoxy) is 1. The maximum atomic E-state index is 5.75. The lowest BCUT2D eigenvalue weighted by Crippen LogP contribution is -2.26. The third-order valence-electron chi connectivity index (χ3n) is 2.82. The molecule has 0 radical (unpaired) electrons. The van der Waals surface area contributed by atoms with Gasteiger partial charge in [0.2, 0.25) is 0 Å². The summed E-state index contributed by atoms with van der Waals surface area (Å²) in [7, 11) is 0. The van der Waals surface area contributed by atoms with Crippen LogP contribution in [-0.4, -0.2) is 25.8 Å². The summed E-state index contributed by atoms with van der Waals surface area (Å²) in [5, 5.41) is 3.12. The zero-order valence-electron chi connectivity index (χ0n) is 9.09. The Balaban J connectivity index is 1.94. The Kier molecular flexibility index (Phi) is 5.66. The van der Waals surface area contributed by atoms with Gasteiger partial charge in [0.15, 0.2) is 0 Å². The van der Waals surface area contributed by atoms with Crippen molar-refractivity contribution in [3.63, 3.8) is 0 Å². The molecule has 14 heavy (non-hydrogen) atoms. The minimum Gasteiger partial charge on any atom is -0.377 e. The maximum absolute atomic E-state index is 5.75. The average molecular weight is 195 g/mol. The fourth-order valence-corrected chi connectivity index (χ4v) is 1.85. The number of hydrogen-bond donors (Lipinski definition) is 1. The van der Waals surface area contributed by atoms with Crippen molar-refractivity contribution in [3.8, 4) is 12.3 Å². The Hall–Kier alpha value is -0.520. The van der Waals surface area contributed by atoms with Crippen LogP contribution in [-0.2, 0) is 4.74 Å². The fourth-order valence-electron chi connectivity index (χ4n) is 1.85. The monoisotopic (exact) mass is 195 g/mol. The van der Waals surface area contributed by atoms with E-state index in [1.165, 1.54) is 25.7 Å². The molecule has 1 N–H and O–H groups in total. The first-order chi connectivity index (χ1) is 6.83. The van der Waals surface area contributed by atoms with Crippen LogP contribution in [0, 0.1) is 18.3 Å². The molecule has 0 spiro atoms. The zero-order valence-corrected chi connectivity index (χ0v) is 9.09. The van der Waals surface area contributed by atoms with Crippen molar-refractivity contribution in [1.82, 2.24) is 5.32 Å². The van der Waals surface area contributed by atoms with E-state index in [0.29, 0.717) is 12.6 Å². The second-order valence-corrected chi connectivity index (χ2v) is 4.13. The predicted octanol–water partition coefficient (Wildman–Crippen LogP) is 1.80. The van der Waals surface area contributed by atoms with E-state index in [1.807, 2.05) is 0 Å². The van der Waals surface area contributed by atoms with Gasteiger partial charge in [-0.1, -0.05) is 12.8 Å². The van der Waals surface area contributed by atoms with Gasteiger partial charge in [0.1, 0.15) is 0 Å². The molecule has 0 heterocycles. The van der Waals surface area contributed by atoms with Crippen molar-refractivity contribution in [3.05, 3.63) is 0 Å². The molecule has 0 saturated heterocycles. The molecular formula is C12H21NO. The average Bonchev–Trinajstić information content (AvgIpc) is 2.21. The Morgan fingerprint density at radius 2 is 2.07 bits per heavy atom. The fraction of sp³-hybridized carbons (Fsp3) is 0.833. The summed E-state index contributed by atoms with van der Waals surface area (Å²) in [6, 6.07) is 0. The molecule has 0 aromatic carbocycles. The molecule has 0 aromatic heterocycles. The van der Waals surface area contributed by atoms with Gasteiger partial charge in [-0.3, -0.25) is 0 Å². The third-order valence-corrected chi connectivity index (χ3v) is 2.82. The number of rotatable bonds is 5. The molecule has 80 valence electrons. The van der Waals surface area contributed by atoms with Gasteiger partial charge >= 0.3 is 0 Å². The lowest BCUT2D eigenvalue weighted by atomic mass is 9.89. The van der Waals surface area contributed by atoms with Crippen molar-refractivity contribution >= 4 is 0 Å². The smallest absolute Gasteiger partial charge is 0.0595 e. The van der Waals surface area contributed by atoms with Gasteiger partial charge in [-0.25, -0.2) is 0 Å². The Labute approximate surface area is 87.4 Å². The van der Waals surface area contributed by atoms with E-state index < -0.39 is 0 Å². The van der Waals surface area contributed by atoms with Crippen molar-refractivity contribution in [2.45, 2.75) is 38.7 Å². The molecule has 1 aliphatic rings. The normalized spacial score (nSPS) is 27.1. The topological polar surface area (TPSA) is 21.3 Å². The maximum Gasteiger partial charge on any atom is 0.0595 e. The van der Waals surface area contributed by atoms with Gasteiger partial charge in [-0.15, -0.1) is 6.42 Å². The van der Waals surface area contributed by atoms with Crippen molar-refractivity contribution in [2.75, 3.05) is 19.7 Å². The largest absolute Gasteiger partial charge is 0.377 e. The van der Waals surface area contributed by atoms with Crippen molar-refractivity contribution in [1.29, 1.82) is 0 Å². The minimum atomic E-state index is 0.499. The summed E-state index contributed by atoms with van der Waals surface area (Å²) >= 11 is 0. The standard InChI is InChI=1S/C12H21NO/c1-3-8-13-9-10-14-12-6-4-11(2)5-7-12/h1,11-13H,4-10H2,2H3. The van der Waals surface area contributed by atoms with Gasteiger partial charge < -0.3 is 10.1 Å². The lowest BCUT2D eigenvalue weighted by Gasteiger charge is -2.26. The van der Waals surface area contributed by atoms with E-state index in [4.69, 9.17) is 11.2 Å². The highest BCUT2D eigenvalue weighted by atomic mass is 16.5. The van der Waals surface area contributed by atoms with Crippen LogP contribution in [0.1, 0.15) is 32.6 Å². The van der Waals surface area contributed by atoms with Crippen LogP contribution in [0.3, 0.4) is 0 Å². The molecule has 0 aromatic rings. The molecule has 1 aliphatic carbocycles. The second-order valence-electron chi connectivity index (χ2n) is 4.13. The van der Waals surface area contributed by atoms with Crippen molar-refractivity contribution < 1.29 is 4.74 Å². The molecular weight excluding hydrogens is 174 g/mol. The second kappa shape index (κ2) is 6.86. The Morgan fingerprint density at radius 3 is 2.71 bits per heavy atom. The highest BCUT2D eigenvalue weighted by Crippen LogP contribution is 2.25. The first kappa shape index (κ1) is 11.6. The van der Waals surface area contributed by atoms with Crippen LogP contribution in [0.4, 0.5) is 0 Å².